The number of amides is 1. The topological polar surface area (TPSA) is 47.6 Å². The molecular weight excluding hydrogens is 290 g/mol. The van der Waals surface area contributed by atoms with Crippen LogP contribution in [0.2, 0.25) is 5.02 Å². The van der Waals surface area contributed by atoms with Gasteiger partial charge in [-0.2, -0.15) is 0 Å². The predicted molar refractivity (Wildman–Crippen MR) is 83.3 cm³/mol. The summed E-state index contributed by atoms with van der Waals surface area (Å²) >= 11 is 5.96. The Kier molecular flexibility index (Phi) is 5.06. The molecule has 2 aromatic rings. The Morgan fingerprint density at radius 1 is 1.10 bits per heavy atom. The third-order valence-electron chi connectivity index (χ3n) is 2.97. The first-order chi connectivity index (χ1) is 10.1. The van der Waals surface area contributed by atoms with E-state index in [1.807, 2.05) is 12.1 Å². The number of hydrogen-bond acceptors (Lipinski definition) is 3. The van der Waals surface area contributed by atoms with Gasteiger partial charge >= 0.3 is 0 Å². The lowest BCUT2D eigenvalue weighted by Gasteiger charge is -2.11. The van der Waals surface area contributed by atoms with Crippen molar-refractivity contribution in [2.24, 2.45) is 0 Å². The van der Waals surface area contributed by atoms with Crippen LogP contribution >= 0.6 is 11.6 Å². The van der Waals surface area contributed by atoms with Crippen molar-refractivity contribution in [1.82, 2.24) is 0 Å². The zero-order chi connectivity index (χ0) is 15.2. The molecule has 0 saturated heterocycles. The number of benzene rings is 2. The number of carbonyl (C=O) groups excluding carboxylic acids is 1. The molecule has 5 heteroatoms. The molecule has 0 radical (unpaired) electrons. The lowest BCUT2D eigenvalue weighted by molar-refractivity contribution is -0.115. The number of halogens is 1. The van der Waals surface area contributed by atoms with Crippen LogP contribution in [0.5, 0.6) is 11.5 Å². The maximum absolute atomic E-state index is 12.2. The minimum absolute atomic E-state index is 0.167. The van der Waals surface area contributed by atoms with Gasteiger partial charge in [-0.1, -0.05) is 23.7 Å². The summed E-state index contributed by atoms with van der Waals surface area (Å²) in [6.07, 6.45) is 0.168. The molecule has 110 valence electrons. The van der Waals surface area contributed by atoms with Crippen molar-refractivity contribution in [2.45, 2.75) is 6.42 Å². The molecule has 0 saturated carbocycles. The van der Waals surface area contributed by atoms with Gasteiger partial charge < -0.3 is 14.8 Å². The third-order valence-corrected chi connectivity index (χ3v) is 3.21. The number of ether oxygens (including phenoxy) is 2. The van der Waals surface area contributed by atoms with E-state index in [4.69, 9.17) is 21.1 Å². The van der Waals surface area contributed by atoms with Crippen molar-refractivity contribution in [2.75, 3.05) is 19.5 Å². The first-order valence-corrected chi connectivity index (χ1v) is 6.77. The monoisotopic (exact) mass is 305 g/mol. The summed E-state index contributed by atoms with van der Waals surface area (Å²) in [5.41, 5.74) is 1.36. The highest BCUT2D eigenvalue weighted by molar-refractivity contribution is 6.30. The maximum atomic E-state index is 12.2. The Morgan fingerprint density at radius 3 is 2.52 bits per heavy atom. The van der Waals surface area contributed by atoms with E-state index in [0.717, 1.165) is 5.56 Å². The van der Waals surface area contributed by atoms with Crippen molar-refractivity contribution in [1.29, 1.82) is 0 Å². The summed E-state index contributed by atoms with van der Waals surface area (Å²) in [6, 6.07) is 12.4. The van der Waals surface area contributed by atoms with Crippen molar-refractivity contribution in [3.63, 3.8) is 0 Å². The smallest absolute Gasteiger partial charge is 0.229 e. The number of nitrogens with one attached hydrogen (secondary N) is 1. The highest BCUT2D eigenvalue weighted by Crippen LogP contribution is 2.25. The van der Waals surface area contributed by atoms with Gasteiger partial charge in [0.25, 0.3) is 0 Å². The quantitative estimate of drug-likeness (QED) is 0.919. The summed E-state index contributed by atoms with van der Waals surface area (Å²) in [6.45, 7) is 0. The Labute approximate surface area is 128 Å². The summed E-state index contributed by atoms with van der Waals surface area (Å²) in [5, 5.41) is 3.38. The van der Waals surface area contributed by atoms with E-state index < -0.39 is 0 Å². The van der Waals surface area contributed by atoms with E-state index in [2.05, 4.69) is 5.32 Å². The van der Waals surface area contributed by atoms with Crippen LogP contribution in [-0.2, 0) is 11.2 Å². The fourth-order valence-corrected chi connectivity index (χ4v) is 2.20. The molecule has 1 N–H and O–H groups in total. The van der Waals surface area contributed by atoms with Crippen molar-refractivity contribution >= 4 is 23.2 Å². The number of carbonyl (C=O) groups is 1. The Bertz CT molecular complexity index is 643. The molecule has 0 aliphatic carbocycles. The number of methoxy groups -OCH3 is 2. The normalized spacial score (nSPS) is 10.0. The lowest BCUT2D eigenvalue weighted by Crippen LogP contribution is -2.15. The molecule has 2 rings (SSSR count). The van der Waals surface area contributed by atoms with Gasteiger partial charge in [0, 0.05) is 10.6 Å². The Hall–Kier alpha value is -2.20. The second-order valence-corrected chi connectivity index (χ2v) is 4.82. The van der Waals surface area contributed by atoms with Gasteiger partial charge in [-0.15, -0.1) is 0 Å². The van der Waals surface area contributed by atoms with E-state index in [0.29, 0.717) is 22.2 Å². The van der Waals surface area contributed by atoms with Gasteiger partial charge in [0.15, 0.2) is 0 Å². The fraction of sp³-hybridized carbons (Fsp3) is 0.188. The molecule has 0 spiro atoms. The zero-order valence-corrected chi connectivity index (χ0v) is 12.6. The van der Waals surface area contributed by atoms with Crippen LogP contribution in [0.15, 0.2) is 42.5 Å². The number of para-hydroxylation sites is 2. The lowest BCUT2D eigenvalue weighted by atomic mass is 10.1. The van der Waals surface area contributed by atoms with E-state index in [9.17, 15) is 4.79 Å². The van der Waals surface area contributed by atoms with E-state index in [1.165, 1.54) is 0 Å². The summed E-state index contributed by atoms with van der Waals surface area (Å²) < 4.78 is 10.4. The summed E-state index contributed by atoms with van der Waals surface area (Å²) in [5.74, 6) is 1.08. The molecule has 0 unspecified atom stereocenters. The molecule has 0 aliphatic rings. The van der Waals surface area contributed by atoms with Crippen LogP contribution in [0.3, 0.4) is 0 Å². The van der Waals surface area contributed by atoms with Gasteiger partial charge in [-0.05, 0) is 30.3 Å². The van der Waals surface area contributed by atoms with Gasteiger partial charge in [0.05, 0.1) is 26.3 Å². The van der Waals surface area contributed by atoms with E-state index in [-0.39, 0.29) is 12.3 Å². The number of rotatable bonds is 5. The highest BCUT2D eigenvalue weighted by Gasteiger charge is 2.11. The standard InChI is InChI=1S/C16H16ClNO3/c1-20-14-8-7-12(17)9-11(14)10-16(19)18-13-5-3-4-6-15(13)21-2/h3-9H,10H2,1-2H3,(H,18,19). The minimum atomic E-state index is -0.167. The summed E-state index contributed by atoms with van der Waals surface area (Å²) in [4.78, 5) is 12.2. The minimum Gasteiger partial charge on any atom is -0.496 e. The molecule has 4 nitrogen and oxygen atoms in total. The molecule has 0 bridgehead atoms. The molecule has 0 heterocycles. The second-order valence-electron chi connectivity index (χ2n) is 4.38. The van der Waals surface area contributed by atoms with E-state index >= 15 is 0 Å². The molecule has 21 heavy (non-hydrogen) atoms. The van der Waals surface area contributed by atoms with E-state index in [1.54, 1.807) is 44.6 Å². The maximum Gasteiger partial charge on any atom is 0.229 e. The van der Waals surface area contributed by atoms with Gasteiger partial charge in [-0.25, -0.2) is 0 Å². The molecule has 0 aliphatic heterocycles. The fourth-order valence-electron chi connectivity index (χ4n) is 2.00. The first-order valence-electron chi connectivity index (χ1n) is 6.39. The van der Waals surface area contributed by atoms with Gasteiger partial charge in [0.2, 0.25) is 5.91 Å². The van der Waals surface area contributed by atoms with Crippen LogP contribution < -0.4 is 14.8 Å². The van der Waals surface area contributed by atoms with Gasteiger partial charge in [-0.3, -0.25) is 4.79 Å². The number of hydrogen-bond donors (Lipinski definition) is 1. The van der Waals surface area contributed by atoms with Crippen LogP contribution in [0.4, 0.5) is 5.69 Å². The molecule has 0 atom stereocenters. The van der Waals surface area contributed by atoms with Crippen molar-refractivity contribution in [3.8, 4) is 11.5 Å². The SMILES string of the molecule is COc1ccc(Cl)cc1CC(=O)Nc1ccccc1OC. The molecule has 1 amide bonds. The van der Waals surface area contributed by atoms with Crippen molar-refractivity contribution in [3.05, 3.63) is 53.1 Å². The Morgan fingerprint density at radius 2 is 1.81 bits per heavy atom. The predicted octanol–water partition coefficient (Wildman–Crippen LogP) is 3.54. The second kappa shape index (κ2) is 6.99. The molecule has 0 aromatic heterocycles. The van der Waals surface area contributed by atoms with Crippen LogP contribution in [0.25, 0.3) is 0 Å². The largest absolute Gasteiger partial charge is 0.496 e. The first kappa shape index (κ1) is 15.2. The number of anilines is 1. The van der Waals surface area contributed by atoms with Crippen LogP contribution in [-0.4, -0.2) is 20.1 Å². The molecular formula is C16H16ClNO3. The average Bonchev–Trinajstić information content (AvgIpc) is 2.48. The van der Waals surface area contributed by atoms with Gasteiger partial charge in [0.1, 0.15) is 11.5 Å². The third kappa shape index (κ3) is 3.89. The van der Waals surface area contributed by atoms with Crippen molar-refractivity contribution < 1.29 is 14.3 Å². The zero-order valence-electron chi connectivity index (χ0n) is 11.9. The summed E-state index contributed by atoms with van der Waals surface area (Å²) in [7, 11) is 3.12. The Balaban J connectivity index is 2.13. The molecule has 2 aromatic carbocycles. The average molecular weight is 306 g/mol. The van der Waals surface area contributed by atoms with Crippen LogP contribution in [0.1, 0.15) is 5.56 Å². The highest BCUT2D eigenvalue weighted by atomic mass is 35.5. The molecule has 0 fully saturated rings. The van der Waals surface area contributed by atoms with Crippen LogP contribution in [0, 0.1) is 0 Å².